The zero-order valence-electron chi connectivity index (χ0n) is 14.5. The summed E-state index contributed by atoms with van der Waals surface area (Å²) in [5.74, 6) is 0.252. The molecule has 138 valence electrons. The van der Waals surface area contributed by atoms with E-state index < -0.39 is 6.04 Å². The van der Waals surface area contributed by atoms with Gasteiger partial charge in [-0.15, -0.1) is 0 Å². The van der Waals surface area contributed by atoms with E-state index >= 15 is 0 Å². The lowest BCUT2D eigenvalue weighted by atomic mass is 9.92. The Balaban J connectivity index is 1.52. The van der Waals surface area contributed by atoms with Crippen molar-refractivity contribution >= 4 is 11.6 Å². The molecule has 1 aliphatic rings. The molecule has 1 atom stereocenters. The van der Waals surface area contributed by atoms with Crippen LogP contribution < -0.4 is 15.8 Å². The van der Waals surface area contributed by atoms with Crippen LogP contribution in [0.15, 0.2) is 48.5 Å². The van der Waals surface area contributed by atoms with E-state index in [9.17, 15) is 9.18 Å². The molecule has 1 fully saturated rings. The quantitative estimate of drug-likeness (QED) is 0.832. The summed E-state index contributed by atoms with van der Waals surface area (Å²) in [6, 6.07) is 12.9. The summed E-state index contributed by atoms with van der Waals surface area (Å²) in [6.45, 7) is 1.45. The van der Waals surface area contributed by atoms with Crippen LogP contribution in [0.4, 0.5) is 10.1 Å². The number of benzene rings is 2. The molecule has 2 aromatic rings. The van der Waals surface area contributed by atoms with Crippen LogP contribution in [0, 0.1) is 11.7 Å². The van der Waals surface area contributed by atoms with Crippen molar-refractivity contribution in [2.24, 2.45) is 11.7 Å². The van der Waals surface area contributed by atoms with E-state index in [0.29, 0.717) is 30.2 Å². The van der Waals surface area contributed by atoms with Gasteiger partial charge in [0, 0.05) is 24.5 Å². The zero-order valence-corrected chi connectivity index (χ0v) is 14.5. The van der Waals surface area contributed by atoms with Crippen LogP contribution in [-0.2, 0) is 16.1 Å². The molecule has 0 radical (unpaired) electrons. The highest BCUT2D eigenvalue weighted by atomic mass is 19.1. The Hall–Kier alpha value is -2.44. The largest absolute Gasteiger partial charge is 0.489 e. The minimum Gasteiger partial charge on any atom is -0.489 e. The third-order valence-electron chi connectivity index (χ3n) is 4.55. The molecule has 1 aliphatic heterocycles. The van der Waals surface area contributed by atoms with E-state index in [1.807, 2.05) is 0 Å². The van der Waals surface area contributed by atoms with Crippen molar-refractivity contribution in [3.8, 4) is 5.75 Å². The Morgan fingerprint density at radius 1 is 1.19 bits per heavy atom. The number of anilines is 1. The van der Waals surface area contributed by atoms with Crippen molar-refractivity contribution in [1.29, 1.82) is 0 Å². The first-order valence-corrected chi connectivity index (χ1v) is 8.74. The average molecular weight is 358 g/mol. The highest BCUT2D eigenvalue weighted by Gasteiger charge is 2.26. The summed E-state index contributed by atoms with van der Waals surface area (Å²) < 4.78 is 24.5. The first-order chi connectivity index (χ1) is 12.6. The van der Waals surface area contributed by atoms with Crippen LogP contribution in [0.25, 0.3) is 0 Å². The summed E-state index contributed by atoms with van der Waals surface area (Å²) in [7, 11) is 0. The Morgan fingerprint density at radius 3 is 2.58 bits per heavy atom. The second-order valence-electron chi connectivity index (χ2n) is 6.37. The van der Waals surface area contributed by atoms with E-state index in [1.54, 1.807) is 42.5 Å². The van der Waals surface area contributed by atoms with Crippen molar-refractivity contribution in [2.45, 2.75) is 25.5 Å². The highest BCUT2D eigenvalue weighted by molar-refractivity contribution is 5.94. The number of rotatable bonds is 6. The number of hydrogen-bond acceptors (Lipinski definition) is 4. The third-order valence-corrected chi connectivity index (χ3v) is 4.55. The molecule has 0 spiro atoms. The standard InChI is InChI=1S/C20H23FN2O3/c21-18-4-2-1-3-15(18)13-26-17-7-5-16(6-8-17)23-20(24)19(22)14-9-11-25-12-10-14/h1-8,14,19H,9-13,22H2,(H,23,24). The van der Waals surface area contributed by atoms with Crippen molar-refractivity contribution in [3.05, 3.63) is 59.9 Å². The van der Waals surface area contributed by atoms with Gasteiger partial charge in [-0.05, 0) is 49.1 Å². The number of nitrogens with one attached hydrogen (secondary N) is 1. The molecule has 0 saturated carbocycles. The molecule has 3 rings (SSSR count). The van der Waals surface area contributed by atoms with E-state index in [1.165, 1.54) is 6.07 Å². The van der Waals surface area contributed by atoms with Crippen LogP contribution in [-0.4, -0.2) is 25.2 Å². The molecule has 0 aromatic heterocycles. The van der Waals surface area contributed by atoms with Gasteiger partial charge in [-0.25, -0.2) is 4.39 Å². The maximum absolute atomic E-state index is 13.6. The van der Waals surface area contributed by atoms with Gasteiger partial charge in [0.1, 0.15) is 18.2 Å². The Labute approximate surface area is 152 Å². The minimum atomic E-state index is -0.545. The zero-order chi connectivity index (χ0) is 18.4. The fourth-order valence-corrected chi connectivity index (χ4v) is 2.93. The lowest BCUT2D eigenvalue weighted by molar-refractivity contribution is -0.119. The Morgan fingerprint density at radius 2 is 1.88 bits per heavy atom. The summed E-state index contributed by atoms with van der Waals surface area (Å²) in [4.78, 5) is 12.3. The Bertz CT molecular complexity index is 730. The van der Waals surface area contributed by atoms with Gasteiger partial charge in [-0.3, -0.25) is 4.79 Å². The first-order valence-electron chi connectivity index (χ1n) is 8.74. The van der Waals surface area contributed by atoms with Crippen molar-refractivity contribution in [1.82, 2.24) is 0 Å². The third kappa shape index (κ3) is 4.80. The van der Waals surface area contributed by atoms with Gasteiger partial charge in [0.2, 0.25) is 5.91 Å². The van der Waals surface area contributed by atoms with Gasteiger partial charge in [-0.2, -0.15) is 0 Å². The van der Waals surface area contributed by atoms with Gasteiger partial charge < -0.3 is 20.5 Å². The number of carbonyl (C=O) groups excluding carboxylic acids is 1. The second kappa shape index (κ2) is 8.78. The molecular formula is C20H23FN2O3. The highest BCUT2D eigenvalue weighted by Crippen LogP contribution is 2.21. The molecule has 26 heavy (non-hydrogen) atoms. The number of nitrogens with two attached hydrogens (primary N) is 1. The molecule has 6 heteroatoms. The maximum Gasteiger partial charge on any atom is 0.241 e. The Kier molecular flexibility index (Phi) is 6.20. The average Bonchev–Trinajstić information content (AvgIpc) is 2.68. The monoisotopic (exact) mass is 358 g/mol. The SMILES string of the molecule is NC(C(=O)Nc1ccc(OCc2ccccc2F)cc1)C1CCOCC1. The summed E-state index contributed by atoms with van der Waals surface area (Å²) in [5, 5.41) is 2.83. The van der Waals surface area contributed by atoms with Gasteiger partial charge in [0.25, 0.3) is 0 Å². The molecule has 3 N–H and O–H groups in total. The molecule has 0 bridgehead atoms. The molecule has 5 nitrogen and oxygen atoms in total. The van der Waals surface area contributed by atoms with Crippen molar-refractivity contribution in [2.75, 3.05) is 18.5 Å². The number of hydrogen-bond donors (Lipinski definition) is 2. The fraction of sp³-hybridized carbons (Fsp3) is 0.350. The summed E-state index contributed by atoms with van der Waals surface area (Å²) in [6.07, 6.45) is 1.61. The molecule has 1 amide bonds. The lowest BCUT2D eigenvalue weighted by Crippen LogP contribution is -2.43. The van der Waals surface area contributed by atoms with Crippen LogP contribution in [0.3, 0.4) is 0 Å². The van der Waals surface area contributed by atoms with Crippen LogP contribution in [0.2, 0.25) is 0 Å². The van der Waals surface area contributed by atoms with Gasteiger partial charge in [-0.1, -0.05) is 18.2 Å². The second-order valence-corrected chi connectivity index (χ2v) is 6.37. The molecule has 2 aromatic carbocycles. The van der Waals surface area contributed by atoms with Gasteiger partial charge in [0.05, 0.1) is 6.04 Å². The number of carbonyl (C=O) groups is 1. The van der Waals surface area contributed by atoms with E-state index in [-0.39, 0.29) is 24.2 Å². The minimum absolute atomic E-state index is 0.145. The van der Waals surface area contributed by atoms with E-state index in [4.69, 9.17) is 15.2 Å². The summed E-state index contributed by atoms with van der Waals surface area (Å²) in [5.41, 5.74) is 7.21. The smallest absolute Gasteiger partial charge is 0.241 e. The molecular weight excluding hydrogens is 335 g/mol. The topological polar surface area (TPSA) is 73.6 Å². The van der Waals surface area contributed by atoms with Crippen molar-refractivity contribution < 1.29 is 18.7 Å². The number of ether oxygens (including phenoxy) is 2. The van der Waals surface area contributed by atoms with Gasteiger partial charge >= 0.3 is 0 Å². The molecule has 1 heterocycles. The predicted octanol–water partition coefficient (Wildman–Crippen LogP) is 3.10. The van der Waals surface area contributed by atoms with Crippen LogP contribution >= 0.6 is 0 Å². The lowest BCUT2D eigenvalue weighted by Gasteiger charge is -2.26. The normalized spacial score (nSPS) is 16.1. The molecule has 1 saturated heterocycles. The van der Waals surface area contributed by atoms with Crippen molar-refractivity contribution in [3.63, 3.8) is 0 Å². The maximum atomic E-state index is 13.6. The van der Waals surface area contributed by atoms with Crippen LogP contribution in [0.5, 0.6) is 5.75 Å². The van der Waals surface area contributed by atoms with Gasteiger partial charge in [0.15, 0.2) is 0 Å². The predicted molar refractivity (Wildman–Crippen MR) is 97.3 cm³/mol. The summed E-state index contributed by atoms with van der Waals surface area (Å²) >= 11 is 0. The van der Waals surface area contributed by atoms with E-state index in [2.05, 4.69) is 5.32 Å². The first kappa shape index (κ1) is 18.4. The molecule has 0 aliphatic carbocycles. The number of amides is 1. The van der Waals surface area contributed by atoms with E-state index in [0.717, 1.165) is 12.8 Å². The number of halogens is 1. The van der Waals surface area contributed by atoms with Crippen LogP contribution in [0.1, 0.15) is 18.4 Å². The fourth-order valence-electron chi connectivity index (χ4n) is 2.93. The molecule has 1 unspecified atom stereocenters.